The van der Waals surface area contributed by atoms with Crippen LogP contribution >= 0.6 is 11.8 Å². The number of fused-ring (bicyclic) bond motifs is 1. The summed E-state index contributed by atoms with van der Waals surface area (Å²) < 4.78 is 35.2. The number of thioether (sulfide) groups is 1. The molecule has 4 rings (SSSR count). The Kier molecular flexibility index (Phi) is 6.83. The van der Waals surface area contributed by atoms with Crippen LogP contribution in [0.4, 0.5) is 0 Å². The minimum absolute atomic E-state index is 0.107. The second kappa shape index (κ2) is 9.74. The molecule has 1 aromatic heterocycles. The van der Waals surface area contributed by atoms with Gasteiger partial charge in [0.25, 0.3) is 0 Å². The average Bonchev–Trinajstić information content (AvgIpc) is 2.75. The molecule has 30 heavy (non-hydrogen) atoms. The van der Waals surface area contributed by atoms with Crippen molar-refractivity contribution < 1.29 is 17.3 Å². The first-order chi connectivity index (χ1) is 14.6. The van der Waals surface area contributed by atoms with Crippen molar-refractivity contribution in [1.29, 1.82) is 0 Å². The Hall–Kier alpha value is -2.20. The van der Waals surface area contributed by atoms with Crippen molar-refractivity contribution in [2.24, 2.45) is 0 Å². The van der Waals surface area contributed by atoms with Crippen molar-refractivity contribution in [3.63, 3.8) is 0 Å². The molecule has 0 radical (unpaired) electrons. The largest absolute Gasteiger partial charge is 0.382 e. The van der Waals surface area contributed by atoms with Gasteiger partial charge in [-0.2, -0.15) is 8.42 Å². The van der Waals surface area contributed by atoms with E-state index in [0.717, 1.165) is 34.8 Å². The van der Waals surface area contributed by atoms with E-state index in [1.807, 2.05) is 30.3 Å². The monoisotopic (exact) mass is 445 g/mol. The number of ether oxygens (including phenoxy) is 1. The van der Waals surface area contributed by atoms with Crippen LogP contribution in [0.5, 0.6) is 5.75 Å². The van der Waals surface area contributed by atoms with E-state index in [0.29, 0.717) is 31.3 Å². The van der Waals surface area contributed by atoms with Gasteiger partial charge in [0.05, 0.1) is 31.0 Å². The second-order valence-corrected chi connectivity index (χ2v) is 9.63. The number of benzene rings is 2. The molecule has 1 aliphatic heterocycles. The predicted molar refractivity (Wildman–Crippen MR) is 117 cm³/mol. The van der Waals surface area contributed by atoms with Crippen LogP contribution in [0.15, 0.2) is 59.6 Å². The quantitative estimate of drug-likeness (QED) is 0.297. The normalized spacial score (nSPS) is 15.3. The summed E-state index contributed by atoms with van der Waals surface area (Å²) in [6.45, 7) is 3.79. The number of aromatic nitrogens is 2. The summed E-state index contributed by atoms with van der Waals surface area (Å²) in [6, 6.07) is 16.3. The van der Waals surface area contributed by atoms with E-state index in [9.17, 15) is 8.42 Å². The lowest BCUT2D eigenvalue weighted by Gasteiger charge is -2.25. The molecular weight excluding hydrogens is 422 g/mol. The number of rotatable bonds is 8. The van der Waals surface area contributed by atoms with Gasteiger partial charge in [-0.25, -0.2) is 9.97 Å². The Labute approximate surface area is 180 Å². The van der Waals surface area contributed by atoms with Gasteiger partial charge in [0, 0.05) is 24.2 Å². The van der Waals surface area contributed by atoms with Crippen LogP contribution in [0.25, 0.3) is 10.9 Å². The van der Waals surface area contributed by atoms with E-state index in [1.54, 1.807) is 24.3 Å². The zero-order valence-corrected chi connectivity index (χ0v) is 18.1. The van der Waals surface area contributed by atoms with Crippen molar-refractivity contribution in [3.05, 3.63) is 60.4 Å². The predicted octanol–water partition coefficient (Wildman–Crippen LogP) is 2.96. The molecule has 0 atom stereocenters. The molecule has 9 heteroatoms. The third-order valence-electron chi connectivity index (χ3n) is 4.62. The minimum atomic E-state index is -3.68. The Morgan fingerprint density at radius 2 is 1.73 bits per heavy atom. The smallest absolute Gasteiger partial charge is 0.310 e. The Balaban J connectivity index is 1.45. The molecule has 2 aromatic carbocycles. The molecule has 0 spiro atoms. The highest BCUT2D eigenvalue weighted by atomic mass is 32.2. The number of morpholine rings is 1. The fourth-order valence-electron chi connectivity index (χ4n) is 3.14. The van der Waals surface area contributed by atoms with Crippen molar-refractivity contribution in [2.45, 2.75) is 11.6 Å². The number of hydrogen-bond donors (Lipinski definition) is 0. The molecular formula is C21H23N3O4S2. The summed E-state index contributed by atoms with van der Waals surface area (Å²) in [7, 11) is -3.68. The molecule has 1 saturated heterocycles. The van der Waals surface area contributed by atoms with Crippen LogP contribution in [0.2, 0.25) is 0 Å². The number of hydrogen-bond acceptors (Lipinski definition) is 8. The highest BCUT2D eigenvalue weighted by molar-refractivity contribution is 8.00. The molecule has 0 aliphatic carbocycles. The molecule has 1 aliphatic rings. The zero-order valence-electron chi connectivity index (χ0n) is 16.4. The topological polar surface area (TPSA) is 81.6 Å². The Morgan fingerprint density at radius 1 is 1.00 bits per heavy atom. The van der Waals surface area contributed by atoms with Crippen LogP contribution in [0, 0.1) is 0 Å². The molecule has 2 heterocycles. The van der Waals surface area contributed by atoms with Crippen molar-refractivity contribution >= 4 is 32.8 Å². The summed E-state index contributed by atoms with van der Waals surface area (Å²) >= 11 is 1.41. The SMILES string of the molecule is O=S(=O)(CCSc1nc(CN2CCOCC2)nc2ccccc12)Oc1ccccc1. The van der Waals surface area contributed by atoms with Crippen LogP contribution in [-0.2, 0) is 21.4 Å². The number of nitrogens with zero attached hydrogens (tertiary/aromatic N) is 3. The molecule has 158 valence electrons. The van der Waals surface area contributed by atoms with Gasteiger partial charge in [-0.05, 0) is 18.2 Å². The van der Waals surface area contributed by atoms with Crippen molar-refractivity contribution in [1.82, 2.24) is 14.9 Å². The maximum absolute atomic E-state index is 12.3. The van der Waals surface area contributed by atoms with Crippen LogP contribution in [0.1, 0.15) is 5.82 Å². The third-order valence-corrected chi connectivity index (χ3v) is 7.02. The first-order valence-electron chi connectivity index (χ1n) is 9.75. The average molecular weight is 446 g/mol. The van der Waals surface area contributed by atoms with Gasteiger partial charge < -0.3 is 8.92 Å². The van der Waals surface area contributed by atoms with E-state index in [1.165, 1.54) is 11.8 Å². The van der Waals surface area contributed by atoms with E-state index in [2.05, 4.69) is 4.90 Å². The first-order valence-corrected chi connectivity index (χ1v) is 12.3. The first kappa shape index (κ1) is 21.0. The van der Waals surface area contributed by atoms with Crippen LogP contribution in [-0.4, -0.2) is 61.1 Å². The van der Waals surface area contributed by atoms with Crippen LogP contribution in [0.3, 0.4) is 0 Å². The third kappa shape index (κ3) is 5.69. The molecule has 0 N–H and O–H groups in total. The van der Waals surface area contributed by atoms with Gasteiger partial charge in [-0.3, -0.25) is 4.90 Å². The fraction of sp³-hybridized carbons (Fsp3) is 0.333. The molecule has 0 unspecified atom stereocenters. The summed E-state index contributed by atoms with van der Waals surface area (Å²) in [5, 5.41) is 1.72. The summed E-state index contributed by atoms with van der Waals surface area (Å²) in [4.78, 5) is 11.7. The molecule has 1 fully saturated rings. The van der Waals surface area contributed by atoms with E-state index in [-0.39, 0.29) is 5.75 Å². The fourth-order valence-corrected chi connectivity index (χ4v) is 5.47. The standard InChI is InChI=1S/C21H23N3O4S2/c25-30(26,28-17-6-2-1-3-7-17)15-14-29-21-18-8-4-5-9-19(18)22-20(23-21)16-24-10-12-27-13-11-24/h1-9H,10-16H2. The van der Waals surface area contributed by atoms with Gasteiger partial charge in [-0.15, -0.1) is 11.8 Å². The van der Waals surface area contributed by atoms with Crippen LogP contribution < -0.4 is 4.18 Å². The molecule has 7 nitrogen and oxygen atoms in total. The number of para-hydroxylation sites is 2. The van der Waals surface area contributed by atoms with Gasteiger partial charge in [-0.1, -0.05) is 36.4 Å². The highest BCUT2D eigenvalue weighted by Crippen LogP contribution is 2.26. The van der Waals surface area contributed by atoms with E-state index >= 15 is 0 Å². The maximum atomic E-state index is 12.3. The van der Waals surface area contributed by atoms with Gasteiger partial charge in [0.2, 0.25) is 0 Å². The lowest BCUT2D eigenvalue weighted by Crippen LogP contribution is -2.36. The summed E-state index contributed by atoms with van der Waals surface area (Å²) in [5.41, 5.74) is 0.863. The molecule has 3 aromatic rings. The second-order valence-electron chi connectivity index (χ2n) is 6.86. The summed E-state index contributed by atoms with van der Waals surface area (Å²) in [5.74, 6) is 1.29. The maximum Gasteiger partial charge on any atom is 0.310 e. The Bertz CT molecular complexity index is 1090. The zero-order chi connectivity index (χ0) is 20.8. The molecule has 0 bridgehead atoms. The van der Waals surface area contributed by atoms with E-state index in [4.69, 9.17) is 18.9 Å². The van der Waals surface area contributed by atoms with Gasteiger partial charge in [0.15, 0.2) is 0 Å². The molecule has 0 amide bonds. The summed E-state index contributed by atoms with van der Waals surface area (Å²) in [6.07, 6.45) is 0. The minimum Gasteiger partial charge on any atom is -0.382 e. The van der Waals surface area contributed by atoms with Gasteiger partial charge in [0.1, 0.15) is 16.6 Å². The van der Waals surface area contributed by atoms with Crippen molar-refractivity contribution in [3.8, 4) is 5.75 Å². The lowest BCUT2D eigenvalue weighted by atomic mass is 10.2. The van der Waals surface area contributed by atoms with Gasteiger partial charge >= 0.3 is 10.1 Å². The lowest BCUT2D eigenvalue weighted by molar-refractivity contribution is 0.0330. The highest BCUT2D eigenvalue weighted by Gasteiger charge is 2.17. The Morgan fingerprint density at radius 3 is 2.53 bits per heavy atom. The molecule has 0 saturated carbocycles. The van der Waals surface area contributed by atoms with Crippen molar-refractivity contribution in [2.75, 3.05) is 37.8 Å². The van der Waals surface area contributed by atoms with E-state index < -0.39 is 10.1 Å².